The van der Waals surface area contributed by atoms with Crippen molar-refractivity contribution < 1.29 is 13.2 Å². The van der Waals surface area contributed by atoms with E-state index in [1.165, 1.54) is 30.6 Å². The first-order chi connectivity index (χ1) is 9.85. The highest BCUT2D eigenvalue weighted by molar-refractivity contribution is 9.10. The number of hydrogen-bond donors (Lipinski definition) is 2. The zero-order chi connectivity index (χ0) is 15.6. The molecule has 9 heteroatoms. The van der Waals surface area contributed by atoms with E-state index in [0.29, 0.717) is 10.2 Å². The minimum Gasteiger partial charge on any atom is -0.495 e. The first-order valence-corrected chi connectivity index (χ1v) is 9.02. The van der Waals surface area contributed by atoms with Gasteiger partial charge < -0.3 is 10.5 Å². The van der Waals surface area contributed by atoms with Gasteiger partial charge in [-0.1, -0.05) is 0 Å². The van der Waals surface area contributed by atoms with Gasteiger partial charge >= 0.3 is 0 Å². The molecule has 1 aromatic heterocycles. The second-order valence-corrected chi connectivity index (χ2v) is 7.74. The van der Waals surface area contributed by atoms with Gasteiger partial charge in [-0.05, 0) is 35.0 Å². The van der Waals surface area contributed by atoms with Crippen LogP contribution in [0.2, 0.25) is 0 Å². The molecule has 0 amide bonds. The summed E-state index contributed by atoms with van der Waals surface area (Å²) in [5.41, 5.74) is 8.57. The fourth-order valence-corrected chi connectivity index (χ4v) is 3.96. The van der Waals surface area contributed by atoms with Crippen LogP contribution in [0.25, 0.3) is 0 Å². The molecule has 1 heterocycles. The third-order valence-electron chi connectivity index (χ3n) is 2.84. The van der Waals surface area contributed by atoms with Crippen molar-refractivity contribution in [3.8, 4) is 5.75 Å². The molecular weight excluding hydrogens is 378 g/mol. The number of rotatable bonds is 5. The standard InChI is InChI=1S/C12H14BrN3O3S2/c1-7-11(20-6-15-7)5-16-21(17,18)12-4-9(14)8(13)3-10(12)19-2/h3-4,6,16H,5,14H2,1-2H3. The summed E-state index contributed by atoms with van der Waals surface area (Å²) in [6.45, 7) is 2.01. The Kier molecular flexibility index (Phi) is 4.87. The lowest BCUT2D eigenvalue weighted by atomic mass is 10.3. The molecule has 0 bridgehead atoms. The zero-order valence-corrected chi connectivity index (χ0v) is 14.6. The van der Waals surface area contributed by atoms with Crippen molar-refractivity contribution in [2.24, 2.45) is 0 Å². The number of ether oxygens (including phenoxy) is 1. The fraction of sp³-hybridized carbons (Fsp3) is 0.250. The summed E-state index contributed by atoms with van der Waals surface area (Å²) in [6.07, 6.45) is 0. The number of aromatic nitrogens is 1. The van der Waals surface area contributed by atoms with Crippen LogP contribution in [0.4, 0.5) is 5.69 Å². The maximum atomic E-state index is 12.4. The predicted octanol–water partition coefficient (Wildman–Crippen LogP) is 2.28. The number of nitrogen functional groups attached to an aromatic ring is 1. The van der Waals surface area contributed by atoms with Gasteiger partial charge in [-0.25, -0.2) is 18.1 Å². The number of nitrogens with one attached hydrogen (secondary N) is 1. The quantitative estimate of drug-likeness (QED) is 0.762. The van der Waals surface area contributed by atoms with E-state index in [1.54, 1.807) is 5.51 Å². The van der Waals surface area contributed by atoms with Crippen LogP contribution in [0.15, 0.2) is 27.0 Å². The molecule has 21 heavy (non-hydrogen) atoms. The molecule has 3 N–H and O–H groups in total. The van der Waals surface area contributed by atoms with E-state index in [4.69, 9.17) is 10.5 Å². The highest BCUT2D eigenvalue weighted by Crippen LogP contribution is 2.32. The Balaban J connectivity index is 2.31. The lowest BCUT2D eigenvalue weighted by molar-refractivity contribution is 0.402. The molecule has 0 atom stereocenters. The van der Waals surface area contributed by atoms with Crippen molar-refractivity contribution in [1.29, 1.82) is 0 Å². The van der Waals surface area contributed by atoms with Crippen LogP contribution < -0.4 is 15.2 Å². The van der Waals surface area contributed by atoms with Gasteiger partial charge in [0.25, 0.3) is 0 Å². The van der Waals surface area contributed by atoms with E-state index in [-0.39, 0.29) is 17.2 Å². The Morgan fingerprint density at radius 3 is 2.76 bits per heavy atom. The van der Waals surface area contributed by atoms with Crippen molar-refractivity contribution in [2.45, 2.75) is 18.4 Å². The molecular formula is C12H14BrN3O3S2. The van der Waals surface area contributed by atoms with Gasteiger partial charge in [0.1, 0.15) is 10.6 Å². The summed E-state index contributed by atoms with van der Waals surface area (Å²) in [6, 6.07) is 2.90. The molecule has 2 aromatic rings. The Morgan fingerprint density at radius 1 is 1.48 bits per heavy atom. The Bertz CT molecular complexity index is 759. The minimum absolute atomic E-state index is 0.00729. The number of anilines is 1. The molecule has 0 spiro atoms. The van der Waals surface area contributed by atoms with Crippen molar-refractivity contribution in [3.63, 3.8) is 0 Å². The zero-order valence-electron chi connectivity index (χ0n) is 11.4. The summed E-state index contributed by atoms with van der Waals surface area (Å²) >= 11 is 4.64. The third-order valence-corrected chi connectivity index (χ3v) is 5.88. The number of methoxy groups -OCH3 is 1. The maximum Gasteiger partial charge on any atom is 0.244 e. The highest BCUT2D eigenvalue weighted by atomic mass is 79.9. The number of aryl methyl sites for hydroxylation is 1. The van der Waals surface area contributed by atoms with Crippen LogP contribution in [0.3, 0.4) is 0 Å². The average molecular weight is 392 g/mol. The molecule has 0 radical (unpaired) electrons. The molecule has 2 rings (SSSR count). The molecule has 1 aromatic carbocycles. The van der Waals surface area contributed by atoms with Crippen molar-refractivity contribution in [3.05, 3.63) is 32.7 Å². The number of nitrogens with zero attached hydrogens (tertiary/aromatic N) is 1. The minimum atomic E-state index is -3.73. The number of thiazole rings is 1. The van der Waals surface area contributed by atoms with E-state index in [1.807, 2.05) is 6.92 Å². The number of nitrogens with two attached hydrogens (primary N) is 1. The largest absolute Gasteiger partial charge is 0.495 e. The van der Waals surface area contributed by atoms with E-state index in [9.17, 15) is 8.42 Å². The van der Waals surface area contributed by atoms with E-state index in [0.717, 1.165) is 10.6 Å². The van der Waals surface area contributed by atoms with Crippen LogP contribution in [-0.2, 0) is 16.6 Å². The van der Waals surface area contributed by atoms with E-state index < -0.39 is 10.0 Å². The lowest BCUT2D eigenvalue weighted by Gasteiger charge is -2.12. The summed E-state index contributed by atoms with van der Waals surface area (Å²) in [5.74, 6) is 0.226. The summed E-state index contributed by atoms with van der Waals surface area (Å²) in [5, 5.41) is 0. The first kappa shape index (κ1) is 16.2. The van der Waals surface area contributed by atoms with Crippen LogP contribution in [0.1, 0.15) is 10.6 Å². The summed E-state index contributed by atoms with van der Waals surface area (Å²) in [7, 11) is -2.33. The van der Waals surface area contributed by atoms with Crippen molar-refractivity contribution >= 4 is 43.0 Å². The van der Waals surface area contributed by atoms with Gasteiger partial charge in [0.2, 0.25) is 10.0 Å². The normalized spacial score (nSPS) is 11.6. The fourth-order valence-electron chi connectivity index (χ4n) is 1.65. The first-order valence-electron chi connectivity index (χ1n) is 5.87. The molecule has 0 aliphatic carbocycles. The molecule has 0 aliphatic heterocycles. The van der Waals surface area contributed by atoms with Crippen LogP contribution >= 0.6 is 27.3 Å². The third kappa shape index (κ3) is 3.54. The smallest absolute Gasteiger partial charge is 0.244 e. The molecule has 0 unspecified atom stereocenters. The van der Waals surface area contributed by atoms with Gasteiger partial charge in [-0.15, -0.1) is 11.3 Å². The second kappa shape index (κ2) is 6.30. The Morgan fingerprint density at radius 2 is 2.19 bits per heavy atom. The Hall–Kier alpha value is -1.16. The predicted molar refractivity (Wildman–Crippen MR) is 86.0 cm³/mol. The summed E-state index contributed by atoms with van der Waals surface area (Å²) < 4.78 is 33.0. The average Bonchev–Trinajstić information content (AvgIpc) is 2.84. The van der Waals surface area contributed by atoms with Crippen LogP contribution in [-0.4, -0.2) is 20.5 Å². The number of benzene rings is 1. The number of sulfonamides is 1. The highest BCUT2D eigenvalue weighted by Gasteiger charge is 2.21. The molecule has 0 saturated heterocycles. The van der Waals surface area contributed by atoms with Crippen molar-refractivity contribution in [1.82, 2.24) is 9.71 Å². The maximum absolute atomic E-state index is 12.4. The molecule has 6 nitrogen and oxygen atoms in total. The molecule has 114 valence electrons. The van der Waals surface area contributed by atoms with Gasteiger partial charge in [0, 0.05) is 21.6 Å². The molecule has 0 aliphatic rings. The number of halogens is 1. The lowest BCUT2D eigenvalue weighted by Crippen LogP contribution is -2.24. The molecule has 0 saturated carbocycles. The monoisotopic (exact) mass is 391 g/mol. The van der Waals surface area contributed by atoms with E-state index >= 15 is 0 Å². The van der Waals surface area contributed by atoms with Crippen LogP contribution in [0, 0.1) is 6.92 Å². The van der Waals surface area contributed by atoms with Gasteiger partial charge in [-0.3, -0.25) is 0 Å². The van der Waals surface area contributed by atoms with Gasteiger partial charge in [0.15, 0.2) is 0 Å². The number of hydrogen-bond acceptors (Lipinski definition) is 6. The topological polar surface area (TPSA) is 94.3 Å². The second-order valence-electron chi connectivity index (χ2n) is 4.21. The summed E-state index contributed by atoms with van der Waals surface area (Å²) in [4.78, 5) is 4.95. The van der Waals surface area contributed by atoms with Gasteiger partial charge in [0.05, 0.1) is 18.3 Å². The van der Waals surface area contributed by atoms with Crippen LogP contribution in [0.5, 0.6) is 5.75 Å². The Labute approximate surface area is 135 Å². The van der Waals surface area contributed by atoms with E-state index in [2.05, 4.69) is 25.6 Å². The molecule has 0 fully saturated rings. The van der Waals surface area contributed by atoms with Gasteiger partial charge in [-0.2, -0.15) is 0 Å². The van der Waals surface area contributed by atoms with Crippen molar-refractivity contribution in [2.75, 3.05) is 12.8 Å². The SMILES string of the molecule is COc1cc(Br)c(N)cc1S(=O)(=O)NCc1scnc1C.